The molecule has 1 aromatic carbocycles. The SMILES string of the molecule is CSc1cccc(C2C(=O)NC(=O)C2Br)c1. The van der Waals surface area contributed by atoms with Gasteiger partial charge in [0.25, 0.3) is 0 Å². The molecule has 16 heavy (non-hydrogen) atoms. The van der Waals surface area contributed by atoms with Crippen LogP contribution in [0.25, 0.3) is 0 Å². The third-order valence-electron chi connectivity index (χ3n) is 2.52. The molecule has 0 saturated carbocycles. The zero-order chi connectivity index (χ0) is 11.7. The highest BCUT2D eigenvalue weighted by atomic mass is 79.9. The van der Waals surface area contributed by atoms with Crippen LogP contribution in [0.1, 0.15) is 11.5 Å². The van der Waals surface area contributed by atoms with E-state index in [4.69, 9.17) is 0 Å². The van der Waals surface area contributed by atoms with Gasteiger partial charge in [0.15, 0.2) is 0 Å². The lowest BCUT2D eigenvalue weighted by atomic mass is 9.98. The lowest BCUT2D eigenvalue weighted by molar-refractivity contribution is -0.125. The molecule has 2 rings (SSSR count). The van der Waals surface area contributed by atoms with Crippen molar-refractivity contribution in [1.29, 1.82) is 0 Å². The smallest absolute Gasteiger partial charge is 0.241 e. The Balaban J connectivity index is 2.36. The Morgan fingerprint density at radius 3 is 2.62 bits per heavy atom. The zero-order valence-corrected chi connectivity index (χ0v) is 11.0. The van der Waals surface area contributed by atoms with Gasteiger partial charge >= 0.3 is 0 Å². The van der Waals surface area contributed by atoms with Gasteiger partial charge in [0, 0.05) is 4.90 Å². The molecule has 84 valence electrons. The summed E-state index contributed by atoms with van der Waals surface area (Å²) >= 11 is 4.87. The number of benzene rings is 1. The first-order valence-corrected chi connectivity index (χ1v) is 6.90. The first-order valence-electron chi connectivity index (χ1n) is 4.76. The Bertz CT molecular complexity index is 449. The number of alkyl halides is 1. The van der Waals surface area contributed by atoms with Crippen LogP contribution >= 0.6 is 27.7 Å². The topological polar surface area (TPSA) is 46.2 Å². The molecule has 2 atom stereocenters. The molecule has 0 aliphatic carbocycles. The molecule has 1 heterocycles. The third kappa shape index (κ3) is 2.01. The second kappa shape index (κ2) is 4.59. The number of imide groups is 1. The largest absolute Gasteiger partial charge is 0.295 e. The Morgan fingerprint density at radius 1 is 1.31 bits per heavy atom. The van der Waals surface area contributed by atoms with E-state index < -0.39 is 10.7 Å². The van der Waals surface area contributed by atoms with Crippen LogP contribution < -0.4 is 5.32 Å². The fraction of sp³-hybridized carbons (Fsp3) is 0.273. The van der Waals surface area contributed by atoms with Gasteiger partial charge in [-0.1, -0.05) is 28.1 Å². The van der Waals surface area contributed by atoms with Gasteiger partial charge in [0.1, 0.15) is 4.83 Å². The van der Waals surface area contributed by atoms with Crippen LogP contribution in [0, 0.1) is 0 Å². The number of nitrogens with one attached hydrogen (secondary N) is 1. The summed E-state index contributed by atoms with van der Waals surface area (Å²) in [6, 6.07) is 7.70. The zero-order valence-electron chi connectivity index (χ0n) is 8.57. The van der Waals surface area contributed by atoms with E-state index >= 15 is 0 Å². The summed E-state index contributed by atoms with van der Waals surface area (Å²) in [6.45, 7) is 0. The van der Waals surface area contributed by atoms with Gasteiger partial charge in [0.2, 0.25) is 11.8 Å². The van der Waals surface area contributed by atoms with Crippen molar-refractivity contribution in [3.63, 3.8) is 0 Å². The van der Waals surface area contributed by atoms with Crippen LogP contribution in [-0.2, 0) is 9.59 Å². The molecule has 1 aromatic rings. The van der Waals surface area contributed by atoms with Crippen molar-refractivity contribution in [2.45, 2.75) is 15.6 Å². The fourth-order valence-corrected chi connectivity index (χ4v) is 2.84. The number of amides is 2. The minimum Gasteiger partial charge on any atom is -0.295 e. The van der Waals surface area contributed by atoms with Crippen LogP contribution in [0.3, 0.4) is 0 Å². The molecule has 5 heteroatoms. The predicted molar refractivity (Wildman–Crippen MR) is 66.8 cm³/mol. The number of hydrogen-bond donors (Lipinski definition) is 1. The number of carbonyl (C=O) groups is 2. The number of halogens is 1. The van der Waals surface area contributed by atoms with Gasteiger partial charge in [-0.25, -0.2) is 0 Å². The van der Waals surface area contributed by atoms with E-state index in [0.29, 0.717) is 0 Å². The van der Waals surface area contributed by atoms with Gasteiger partial charge in [-0.15, -0.1) is 11.8 Å². The average molecular weight is 300 g/mol. The molecule has 0 bridgehead atoms. The fourth-order valence-electron chi connectivity index (χ4n) is 1.71. The Kier molecular flexibility index (Phi) is 3.35. The summed E-state index contributed by atoms with van der Waals surface area (Å²) in [4.78, 5) is 23.6. The monoisotopic (exact) mass is 299 g/mol. The van der Waals surface area contributed by atoms with Gasteiger partial charge < -0.3 is 0 Å². The summed E-state index contributed by atoms with van der Waals surface area (Å²) in [5.74, 6) is -0.908. The molecule has 1 saturated heterocycles. The summed E-state index contributed by atoms with van der Waals surface area (Å²) in [7, 11) is 0. The molecule has 0 radical (unpaired) electrons. The van der Waals surface area contributed by atoms with Crippen molar-refractivity contribution in [3.05, 3.63) is 29.8 Å². The van der Waals surface area contributed by atoms with Gasteiger partial charge in [0.05, 0.1) is 5.92 Å². The lowest BCUT2D eigenvalue weighted by Gasteiger charge is -2.10. The molecule has 1 fully saturated rings. The Hall–Kier alpha value is -0.810. The number of carbonyl (C=O) groups excluding carboxylic acids is 2. The first kappa shape index (κ1) is 11.7. The highest BCUT2D eigenvalue weighted by Crippen LogP contribution is 2.31. The molecule has 0 aromatic heterocycles. The molecule has 0 spiro atoms. The minimum absolute atomic E-state index is 0.231. The molecule has 2 unspecified atom stereocenters. The molecule has 1 aliphatic rings. The molecule has 2 amide bonds. The average Bonchev–Trinajstić information content (AvgIpc) is 2.53. The van der Waals surface area contributed by atoms with Crippen LogP contribution in [-0.4, -0.2) is 22.9 Å². The quantitative estimate of drug-likeness (QED) is 0.515. The summed E-state index contributed by atoms with van der Waals surface area (Å²) in [5, 5.41) is 2.32. The lowest BCUT2D eigenvalue weighted by Crippen LogP contribution is -2.22. The van der Waals surface area contributed by atoms with Crippen LogP contribution in [0.15, 0.2) is 29.2 Å². The normalized spacial score (nSPS) is 24.6. The molecular weight excluding hydrogens is 290 g/mol. The Labute approximate surface area is 106 Å². The van der Waals surface area contributed by atoms with Crippen molar-refractivity contribution < 1.29 is 9.59 Å². The van der Waals surface area contributed by atoms with E-state index in [1.807, 2.05) is 30.5 Å². The summed E-state index contributed by atoms with van der Waals surface area (Å²) in [6.07, 6.45) is 1.98. The van der Waals surface area contributed by atoms with Crippen LogP contribution in [0.5, 0.6) is 0 Å². The highest BCUT2D eigenvalue weighted by Gasteiger charge is 2.40. The molecular formula is C11H10BrNO2S. The first-order chi connectivity index (χ1) is 7.63. The molecule has 3 nitrogen and oxygen atoms in total. The van der Waals surface area contributed by atoms with E-state index in [1.54, 1.807) is 11.8 Å². The summed E-state index contributed by atoms with van der Waals surface area (Å²) < 4.78 is 0. The molecule has 1 aliphatic heterocycles. The van der Waals surface area contributed by atoms with E-state index in [9.17, 15) is 9.59 Å². The second-order valence-electron chi connectivity index (χ2n) is 3.51. The highest BCUT2D eigenvalue weighted by molar-refractivity contribution is 9.10. The van der Waals surface area contributed by atoms with E-state index in [0.717, 1.165) is 10.5 Å². The van der Waals surface area contributed by atoms with Crippen molar-refractivity contribution in [1.82, 2.24) is 5.32 Å². The van der Waals surface area contributed by atoms with Crippen LogP contribution in [0.2, 0.25) is 0 Å². The van der Waals surface area contributed by atoms with Crippen molar-refractivity contribution in [3.8, 4) is 0 Å². The number of thioether (sulfide) groups is 1. The van der Waals surface area contributed by atoms with Crippen molar-refractivity contribution in [2.75, 3.05) is 6.26 Å². The van der Waals surface area contributed by atoms with E-state index in [2.05, 4.69) is 21.2 Å². The number of hydrogen-bond acceptors (Lipinski definition) is 3. The molecule has 1 N–H and O–H groups in total. The third-order valence-corrected chi connectivity index (χ3v) is 4.19. The van der Waals surface area contributed by atoms with Gasteiger partial charge in [-0.05, 0) is 24.0 Å². The second-order valence-corrected chi connectivity index (χ2v) is 5.38. The number of rotatable bonds is 2. The maximum atomic E-state index is 11.6. The van der Waals surface area contributed by atoms with E-state index in [-0.39, 0.29) is 11.8 Å². The maximum Gasteiger partial charge on any atom is 0.241 e. The minimum atomic E-state index is -0.461. The van der Waals surface area contributed by atoms with Crippen LogP contribution in [0.4, 0.5) is 0 Å². The standard InChI is InChI=1S/C11H10BrNO2S/c1-16-7-4-2-3-6(5-7)8-9(12)11(15)13-10(8)14/h2-5,8-9H,1H3,(H,13,14,15). The van der Waals surface area contributed by atoms with Gasteiger partial charge in [-0.3, -0.25) is 14.9 Å². The van der Waals surface area contributed by atoms with E-state index in [1.165, 1.54) is 0 Å². The Morgan fingerprint density at radius 2 is 2.06 bits per heavy atom. The summed E-state index contributed by atoms with van der Waals surface area (Å²) in [5.41, 5.74) is 0.872. The predicted octanol–water partition coefficient (Wildman–Crippen LogP) is 1.91. The van der Waals surface area contributed by atoms with Gasteiger partial charge in [-0.2, -0.15) is 0 Å². The maximum absolute atomic E-state index is 11.6. The van der Waals surface area contributed by atoms with Crippen molar-refractivity contribution in [2.24, 2.45) is 0 Å². The van der Waals surface area contributed by atoms with Crippen molar-refractivity contribution >= 4 is 39.5 Å².